The molecule has 1 amide bonds. The molecule has 0 radical (unpaired) electrons. The van der Waals surface area contributed by atoms with Crippen molar-refractivity contribution < 1.29 is 4.79 Å². The zero-order valence-corrected chi connectivity index (χ0v) is 11.3. The highest BCUT2D eigenvalue weighted by Gasteiger charge is 2.05. The van der Waals surface area contributed by atoms with Crippen LogP contribution in [0.25, 0.3) is 0 Å². The average Bonchev–Trinajstić information content (AvgIpc) is 2.29. The van der Waals surface area contributed by atoms with Gasteiger partial charge in [-0.05, 0) is 24.7 Å². The molecule has 3 nitrogen and oxygen atoms in total. The van der Waals surface area contributed by atoms with E-state index in [1.54, 1.807) is 0 Å². The summed E-state index contributed by atoms with van der Waals surface area (Å²) in [6, 6.07) is 8.03. The number of carbonyl (C=O) groups excluding carboxylic acids is 1. The molecular formula is C13H15BrN2O. The molecule has 0 aliphatic rings. The average molecular weight is 295 g/mol. The van der Waals surface area contributed by atoms with Crippen molar-refractivity contribution in [3.05, 3.63) is 34.3 Å². The molecule has 1 N–H and O–H groups in total. The van der Waals surface area contributed by atoms with Crippen molar-refractivity contribution in [2.24, 2.45) is 0 Å². The van der Waals surface area contributed by atoms with E-state index >= 15 is 0 Å². The summed E-state index contributed by atoms with van der Waals surface area (Å²) in [5, 5.41) is 2.63. The van der Waals surface area contributed by atoms with Crippen molar-refractivity contribution in [2.45, 2.75) is 6.54 Å². The minimum atomic E-state index is -0.0532. The molecule has 0 saturated heterocycles. The second kappa shape index (κ2) is 7.10. The first-order valence-electron chi connectivity index (χ1n) is 5.25. The quantitative estimate of drug-likeness (QED) is 0.837. The number of hydrogen-bond donors (Lipinski definition) is 1. The third-order valence-electron chi connectivity index (χ3n) is 2.17. The highest BCUT2D eigenvalue weighted by atomic mass is 79.9. The number of likely N-dealkylation sites (N-methyl/N-ethyl adjacent to an activating group) is 1. The van der Waals surface area contributed by atoms with Gasteiger partial charge in [0, 0.05) is 11.0 Å². The highest BCUT2D eigenvalue weighted by molar-refractivity contribution is 9.10. The van der Waals surface area contributed by atoms with Crippen LogP contribution in [-0.2, 0) is 11.3 Å². The number of amides is 1. The first kappa shape index (κ1) is 13.8. The Hall–Kier alpha value is -1.31. The van der Waals surface area contributed by atoms with Crippen LogP contribution in [0.1, 0.15) is 5.56 Å². The van der Waals surface area contributed by atoms with Gasteiger partial charge in [0.15, 0.2) is 0 Å². The topological polar surface area (TPSA) is 32.3 Å². The monoisotopic (exact) mass is 294 g/mol. The fraction of sp³-hybridized carbons (Fsp3) is 0.308. The maximum atomic E-state index is 11.4. The summed E-state index contributed by atoms with van der Waals surface area (Å²) in [5.41, 5.74) is 1.17. The Bertz CT molecular complexity index is 408. The number of benzene rings is 1. The summed E-state index contributed by atoms with van der Waals surface area (Å²) in [4.78, 5) is 13.3. The Morgan fingerprint density at radius 2 is 2.12 bits per heavy atom. The van der Waals surface area contributed by atoms with Crippen LogP contribution in [0.2, 0.25) is 0 Å². The second-order valence-corrected chi connectivity index (χ2v) is 4.70. The normalized spacial score (nSPS) is 10.0. The Morgan fingerprint density at radius 1 is 1.47 bits per heavy atom. The number of nitrogens with zero attached hydrogens (tertiary/aromatic N) is 1. The lowest BCUT2D eigenvalue weighted by Crippen LogP contribution is -2.34. The Kier molecular flexibility index (Phi) is 5.75. The largest absolute Gasteiger partial charge is 0.344 e. The molecular weight excluding hydrogens is 280 g/mol. The molecule has 1 rings (SSSR count). The Balaban J connectivity index is 2.39. The van der Waals surface area contributed by atoms with Crippen LogP contribution in [0.15, 0.2) is 28.7 Å². The van der Waals surface area contributed by atoms with Gasteiger partial charge < -0.3 is 5.32 Å². The van der Waals surface area contributed by atoms with Crippen molar-refractivity contribution >= 4 is 21.8 Å². The molecule has 1 aromatic carbocycles. The van der Waals surface area contributed by atoms with Crippen LogP contribution in [-0.4, -0.2) is 30.9 Å². The Morgan fingerprint density at radius 3 is 2.71 bits per heavy atom. The second-order valence-electron chi connectivity index (χ2n) is 3.78. The molecule has 0 saturated carbocycles. The van der Waals surface area contributed by atoms with E-state index in [-0.39, 0.29) is 12.5 Å². The van der Waals surface area contributed by atoms with E-state index in [9.17, 15) is 4.79 Å². The van der Waals surface area contributed by atoms with Gasteiger partial charge in [0.1, 0.15) is 0 Å². The number of halogens is 1. The van der Waals surface area contributed by atoms with Crippen LogP contribution in [0.5, 0.6) is 0 Å². The zero-order valence-electron chi connectivity index (χ0n) is 9.74. The third kappa shape index (κ3) is 5.53. The molecule has 0 unspecified atom stereocenters. The van der Waals surface area contributed by atoms with Crippen LogP contribution in [0.4, 0.5) is 0 Å². The molecule has 0 fully saturated rings. The maximum Gasteiger partial charge on any atom is 0.234 e. The lowest BCUT2D eigenvalue weighted by atomic mass is 10.2. The van der Waals surface area contributed by atoms with E-state index in [0.29, 0.717) is 6.54 Å². The SMILES string of the molecule is C#CCNC(=O)CN(C)Cc1ccc(Br)cc1. The molecule has 0 aliphatic heterocycles. The number of rotatable bonds is 5. The minimum absolute atomic E-state index is 0.0532. The van der Waals surface area contributed by atoms with Gasteiger partial charge in [0.2, 0.25) is 5.91 Å². The smallest absolute Gasteiger partial charge is 0.234 e. The van der Waals surface area contributed by atoms with Crippen LogP contribution >= 0.6 is 15.9 Å². The predicted octanol–water partition coefficient (Wildman–Crippen LogP) is 1.63. The van der Waals surface area contributed by atoms with E-state index in [2.05, 4.69) is 27.2 Å². The van der Waals surface area contributed by atoms with Gasteiger partial charge in [-0.25, -0.2) is 0 Å². The molecule has 90 valence electrons. The Labute approximate surface area is 110 Å². The fourth-order valence-corrected chi connectivity index (χ4v) is 1.67. The molecule has 0 atom stereocenters. The minimum Gasteiger partial charge on any atom is -0.344 e. The first-order chi connectivity index (χ1) is 8.11. The molecule has 0 bridgehead atoms. The summed E-state index contributed by atoms with van der Waals surface area (Å²) >= 11 is 3.38. The van der Waals surface area contributed by atoms with Gasteiger partial charge in [-0.1, -0.05) is 34.0 Å². The molecule has 0 heterocycles. The van der Waals surface area contributed by atoms with E-state index in [1.165, 1.54) is 5.56 Å². The van der Waals surface area contributed by atoms with Crippen molar-refractivity contribution in [1.82, 2.24) is 10.2 Å². The summed E-state index contributed by atoms with van der Waals surface area (Å²) in [6.45, 7) is 1.36. The molecule has 0 aromatic heterocycles. The van der Waals surface area contributed by atoms with Crippen LogP contribution in [0.3, 0.4) is 0 Å². The summed E-state index contributed by atoms with van der Waals surface area (Å²) in [7, 11) is 1.90. The van der Waals surface area contributed by atoms with Gasteiger partial charge in [0.25, 0.3) is 0 Å². The number of hydrogen-bond acceptors (Lipinski definition) is 2. The van der Waals surface area contributed by atoms with Crippen LogP contribution in [0, 0.1) is 12.3 Å². The van der Waals surface area contributed by atoms with Gasteiger partial charge in [-0.2, -0.15) is 0 Å². The standard InChI is InChI=1S/C13H15BrN2O/c1-3-8-15-13(17)10-16(2)9-11-4-6-12(14)7-5-11/h1,4-7H,8-10H2,2H3,(H,15,17). The number of carbonyl (C=O) groups is 1. The lowest BCUT2D eigenvalue weighted by molar-refractivity contribution is -0.121. The highest BCUT2D eigenvalue weighted by Crippen LogP contribution is 2.11. The van der Waals surface area contributed by atoms with Crippen LogP contribution < -0.4 is 5.32 Å². The van der Waals surface area contributed by atoms with Crippen molar-refractivity contribution in [1.29, 1.82) is 0 Å². The predicted molar refractivity (Wildman–Crippen MR) is 72.3 cm³/mol. The third-order valence-corrected chi connectivity index (χ3v) is 2.70. The maximum absolute atomic E-state index is 11.4. The van der Waals surface area contributed by atoms with Gasteiger partial charge in [-0.15, -0.1) is 6.42 Å². The summed E-state index contributed by atoms with van der Waals surface area (Å²) in [6.07, 6.45) is 5.06. The zero-order chi connectivity index (χ0) is 12.7. The first-order valence-corrected chi connectivity index (χ1v) is 6.04. The number of terminal acetylenes is 1. The van der Waals surface area contributed by atoms with Gasteiger partial charge in [0.05, 0.1) is 13.1 Å². The fourth-order valence-electron chi connectivity index (χ4n) is 1.41. The van der Waals surface area contributed by atoms with E-state index in [0.717, 1.165) is 11.0 Å². The van der Waals surface area contributed by atoms with Gasteiger partial charge >= 0.3 is 0 Å². The lowest BCUT2D eigenvalue weighted by Gasteiger charge is -2.15. The van der Waals surface area contributed by atoms with Crippen molar-refractivity contribution in [2.75, 3.05) is 20.1 Å². The summed E-state index contributed by atoms with van der Waals surface area (Å²) in [5.74, 6) is 2.32. The van der Waals surface area contributed by atoms with Crippen molar-refractivity contribution in [3.8, 4) is 12.3 Å². The van der Waals surface area contributed by atoms with E-state index < -0.39 is 0 Å². The molecule has 0 aliphatic carbocycles. The van der Waals surface area contributed by atoms with E-state index in [4.69, 9.17) is 6.42 Å². The molecule has 1 aromatic rings. The number of nitrogens with one attached hydrogen (secondary N) is 1. The van der Waals surface area contributed by atoms with Gasteiger partial charge in [-0.3, -0.25) is 9.69 Å². The van der Waals surface area contributed by atoms with E-state index in [1.807, 2.05) is 36.2 Å². The molecule has 0 spiro atoms. The molecule has 17 heavy (non-hydrogen) atoms. The summed E-state index contributed by atoms with van der Waals surface area (Å²) < 4.78 is 1.05. The van der Waals surface area contributed by atoms with Crippen molar-refractivity contribution in [3.63, 3.8) is 0 Å². The molecule has 4 heteroatoms.